The summed E-state index contributed by atoms with van der Waals surface area (Å²) >= 11 is 0. The first-order chi connectivity index (χ1) is 14.5. The molecule has 1 N–H and O–H groups in total. The number of benzene rings is 2. The van der Waals surface area contributed by atoms with Crippen molar-refractivity contribution in [1.82, 2.24) is 15.1 Å². The minimum absolute atomic E-state index is 0.0331. The van der Waals surface area contributed by atoms with Crippen molar-refractivity contribution >= 4 is 11.8 Å². The topological polar surface area (TPSA) is 61.9 Å². The van der Waals surface area contributed by atoms with E-state index in [1.807, 2.05) is 24.3 Å². The van der Waals surface area contributed by atoms with Gasteiger partial charge >= 0.3 is 0 Å². The van der Waals surface area contributed by atoms with Crippen LogP contribution in [0.1, 0.15) is 27.9 Å². The highest BCUT2D eigenvalue weighted by atomic mass is 19.1. The Kier molecular flexibility index (Phi) is 7.93. The van der Waals surface area contributed by atoms with Crippen LogP contribution in [0.4, 0.5) is 4.39 Å². The largest absolute Gasteiger partial charge is 0.380 e. The zero-order valence-electron chi connectivity index (χ0n) is 17.3. The van der Waals surface area contributed by atoms with Gasteiger partial charge in [-0.25, -0.2) is 4.39 Å². The number of methoxy groups -OCH3 is 1. The van der Waals surface area contributed by atoms with Crippen LogP contribution in [-0.4, -0.2) is 61.4 Å². The summed E-state index contributed by atoms with van der Waals surface area (Å²) in [6.45, 7) is 3.92. The first-order valence-corrected chi connectivity index (χ1v) is 10.2. The van der Waals surface area contributed by atoms with Crippen LogP contribution in [0.15, 0.2) is 48.5 Å². The second-order valence-electron chi connectivity index (χ2n) is 7.46. The second kappa shape index (κ2) is 10.8. The first-order valence-electron chi connectivity index (χ1n) is 10.2. The third-order valence-corrected chi connectivity index (χ3v) is 5.16. The summed E-state index contributed by atoms with van der Waals surface area (Å²) in [6.07, 6.45) is 0.793. The molecule has 1 saturated heterocycles. The predicted molar refractivity (Wildman–Crippen MR) is 112 cm³/mol. The first kappa shape index (κ1) is 21.9. The molecule has 160 valence electrons. The molecule has 2 aromatic rings. The van der Waals surface area contributed by atoms with Gasteiger partial charge in [-0.2, -0.15) is 0 Å². The molecular formula is C23H28FN3O3. The van der Waals surface area contributed by atoms with E-state index in [0.29, 0.717) is 44.9 Å². The van der Waals surface area contributed by atoms with E-state index in [1.165, 1.54) is 24.3 Å². The van der Waals surface area contributed by atoms with Gasteiger partial charge in [-0.05, 0) is 41.8 Å². The Balaban J connectivity index is 1.44. The van der Waals surface area contributed by atoms with E-state index < -0.39 is 0 Å². The summed E-state index contributed by atoms with van der Waals surface area (Å²) in [5.74, 6) is -0.488. The van der Waals surface area contributed by atoms with Crippen molar-refractivity contribution in [2.75, 3.05) is 39.8 Å². The maximum atomic E-state index is 13.1. The molecule has 1 aliphatic heterocycles. The lowest BCUT2D eigenvalue weighted by atomic mass is 10.1. The molecule has 0 radical (unpaired) electrons. The monoisotopic (exact) mass is 413 g/mol. The summed E-state index contributed by atoms with van der Waals surface area (Å²) < 4.78 is 18.2. The van der Waals surface area contributed by atoms with Crippen LogP contribution in [0.2, 0.25) is 0 Å². The third kappa shape index (κ3) is 6.37. The number of carbonyl (C=O) groups excluding carboxylic acids is 2. The number of halogens is 1. The summed E-state index contributed by atoms with van der Waals surface area (Å²) in [5.41, 5.74) is 2.62. The SMILES string of the molecule is COCc1ccc(CNC(=O)CN2CCCN(C(=O)c3ccc(F)cc3)CC2)cc1. The lowest BCUT2D eigenvalue weighted by Gasteiger charge is -2.22. The Labute approximate surface area is 176 Å². The number of rotatable bonds is 7. The van der Waals surface area contributed by atoms with Crippen LogP contribution in [0.25, 0.3) is 0 Å². The fourth-order valence-electron chi connectivity index (χ4n) is 3.49. The van der Waals surface area contributed by atoms with E-state index in [9.17, 15) is 14.0 Å². The minimum Gasteiger partial charge on any atom is -0.380 e. The molecule has 0 atom stereocenters. The molecule has 1 fully saturated rings. The van der Waals surface area contributed by atoms with E-state index in [1.54, 1.807) is 12.0 Å². The fraction of sp³-hybridized carbons (Fsp3) is 0.391. The van der Waals surface area contributed by atoms with Crippen LogP contribution >= 0.6 is 0 Å². The van der Waals surface area contributed by atoms with Gasteiger partial charge in [0, 0.05) is 45.4 Å². The number of nitrogens with one attached hydrogen (secondary N) is 1. The molecule has 0 spiro atoms. The van der Waals surface area contributed by atoms with E-state index >= 15 is 0 Å². The molecule has 1 aliphatic rings. The zero-order valence-corrected chi connectivity index (χ0v) is 17.3. The van der Waals surface area contributed by atoms with Gasteiger partial charge in [0.15, 0.2) is 0 Å². The fourth-order valence-corrected chi connectivity index (χ4v) is 3.49. The maximum absolute atomic E-state index is 13.1. The minimum atomic E-state index is -0.356. The van der Waals surface area contributed by atoms with Gasteiger partial charge in [0.25, 0.3) is 5.91 Å². The van der Waals surface area contributed by atoms with E-state index in [2.05, 4.69) is 10.2 Å². The quantitative estimate of drug-likeness (QED) is 0.758. The summed E-state index contributed by atoms with van der Waals surface area (Å²) in [5, 5.41) is 2.96. The van der Waals surface area contributed by atoms with Crippen molar-refractivity contribution in [1.29, 1.82) is 0 Å². The molecule has 0 aliphatic carbocycles. The Morgan fingerprint density at radius 3 is 2.37 bits per heavy atom. The average Bonchev–Trinajstić information content (AvgIpc) is 2.99. The van der Waals surface area contributed by atoms with Gasteiger partial charge in [-0.3, -0.25) is 14.5 Å². The molecule has 3 rings (SSSR count). The average molecular weight is 413 g/mol. The van der Waals surface area contributed by atoms with Crippen molar-refractivity contribution in [2.24, 2.45) is 0 Å². The van der Waals surface area contributed by atoms with E-state index in [4.69, 9.17) is 4.74 Å². The Bertz CT molecular complexity index is 840. The van der Waals surface area contributed by atoms with Crippen LogP contribution < -0.4 is 5.32 Å². The third-order valence-electron chi connectivity index (χ3n) is 5.16. The van der Waals surface area contributed by atoms with Crippen molar-refractivity contribution in [3.8, 4) is 0 Å². The van der Waals surface area contributed by atoms with Crippen LogP contribution in [0.5, 0.6) is 0 Å². The summed E-state index contributed by atoms with van der Waals surface area (Å²) in [4.78, 5) is 28.8. The van der Waals surface area contributed by atoms with Gasteiger partial charge in [-0.15, -0.1) is 0 Å². The van der Waals surface area contributed by atoms with Gasteiger partial charge in [0.2, 0.25) is 5.91 Å². The lowest BCUT2D eigenvalue weighted by Crippen LogP contribution is -2.39. The molecule has 2 aromatic carbocycles. The van der Waals surface area contributed by atoms with Crippen LogP contribution in [0.3, 0.4) is 0 Å². The van der Waals surface area contributed by atoms with Gasteiger partial charge in [0.05, 0.1) is 13.2 Å². The molecular weight excluding hydrogens is 385 g/mol. The smallest absolute Gasteiger partial charge is 0.253 e. The van der Waals surface area contributed by atoms with Crippen molar-refractivity contribution in [3.63, 3.8) is 0 Å². The molecule has 7 heteroatoms. The summed E-state index contributed by atoms with van der Waals surface area (Å²) in [6, 6.07) is 13.6. The van der Waals surface area contributed by atoms with Crippen molar-refractivity contribution in [3.05, 3.63) is 71.0 Å². The number of carbonyl (C=O) groups is 2. The number of hydrogen-bond donors (Lipinski definition) is 1. The number of ether oxygens (including phenoxy) is 1. The lowest BCUT2D eigenvalue weighted by molar-refractivity contribution is -0.122. The highest BCUT2D eigenvalue weighted by molar-refractivity contribution is 5.94. The molecule has 2 amide bonds. The van der Waals surface area contributed by atoms with Crippen molar-refractivity contribution < 1.29 is 18.7 Å². The molecule has 1 heterocycles. The molecule has 0 aromatic heterocycles. The molecule has 6 nitrogen and oxygen atoms in total. The van der Waals surface area contributed by atoms with E-state index in [0.717, 1.165) is 24.1 Å². The summed E-state index contributed by atoms with van der Waals surface area (Å²) in [7, 11) is 1.66. The number of nitrogens with zero attached hydrogens (tertiary/aromatic N) is 2. The van der Waals surface area contributed by atoms with Gasteiger partial charge in [0.1, 0.15) is 5.82 Å². The predicted octanol–water partition coefficient (Wildman–Crippen LogP) is 2.44. The molecule has 0 bridgehead atoms. The van der Waals surface area contributed by atoms with Gasteiger partial charge < -0.3 is 15.0 Å². The second-order valence-corrected chi connectivity index (χ2v) is 7.46. The van der Waals surface area contributed by atoms with E-state index in [-0.39, 0.29) is 17.6 Å². The Morgan fingerprint density at radius 1 is 0.967 bits per heavy atom. The van der Waals surface area contributed by atoms with Gasteiger partial charge in [-0.1, -0.05) is 24.3 Å². The number of hydrogen-bond acceptors (Lipinski definition) is 4. The molecule has 30 heavy (non-hydrogen) atoms. The maximum Gasteiger partial charge on any atom is 0.253 e. The normalized spacial score (nSPS) is 14.9. The Hall–Kier alpha value is -2.77. The molecule has 0 saturated carbocycles. The van der Waals surface area contributed by atoms with Crippen molar-refractivity contribution in [2.45, 2.75) is 19.6 Å². The number of amides is 2. The Morgan fingerprint density at radius 2 is 1.67 bits per heavy atom. The highest BCUT2D eigenvalue weighted by Crippen LogP contribution is 2.11. The molecule has 0 unspecified atom stereocenters. The van der Waals surface area contributed by atoms with Crippen LogP contribution in [0, 0.1) is 5.82 Å². The highest BCUT2D eigenvalue weighted by Gasteiger charge is 2.21. The standard InChI is InChI=1S/C23H28FN3O3/c1-30-17-19-5-3-18(4-6-19)15-25-22(28)16-26-11-2-12-27(14-13-26)23(29)20-7-9-21(24)10-8-20/h3-10H,2,11-17H2,1H3,(H,25,28). The van der Waals surface area contributed by atoms with Crippen LogP contribution in [-0.2, 0) is 22.7 Å². The zero-order chi connectivity index (χ0) is 21.3.